The van der Waals surface area contributed by atoms with Crippen LogP contribution in [-0.2, 0) is 9.59 Å². The zero-order chi connectivity index (χ0) is 19.4. The zero-order valence-electron chi connectivity index (χ0n) is 15.3. The molecule has 1 aliphatic rings. The number of benzene rings is 1. The highest BCUT2D eigenvalue weighted by Gasteiger charge is 2.26. The summed E-state index contributed by atoms with van der Waals surface area (Å²) in [4.78, 5) is 35.1. The minimum Gasteiger partial charge on any atom is -0.482 e. The number of rotatable bonds is 6. The molecule has 136 valence electrons. The highest BCUT2D eigenvalue weighted by molar-refractivity contribution is 6.24. The molecule has 2 rings (SSSR count). The van der Waals surface area contributed by atoms with Gasteiger partial charge in [0.2, 0.25) is 0 Å². The van der Waals surface area contributed by atoms with E-state index in [-0.39, 0.29) is 29.6 Å². The van der Waals surface area contributed by atoms with Crippen molar-refractivity contribution in [2.75, 3.05) is 6.61 Å². The van der Waals surface area contributed by atoms with E-state index in [2.05, 4.69) is 0 Å². The van der Waals surface area contributed by atoms with Crippen molar-refractivity contribution in [1.29, 1.82) is 0 Å². The van der Waals surface area contributed by atoms with Gasteiger partial charge in [-0.05, 0) is 45.8 Å². The quantitative estimate of drug-likeness (QED) is 0.332. The topological polar surface area (TPSA) is 86.5 Å². The molecule has 0 aromatic heterocycles. The van der Waals surface area contributed by atoms with Crippen molar-refractivity contribution in [3.8, 4) is 5.75 Å². The lowest BCUT2D eigenvalue weighted by Crippen LogP contribution is -2.20. The number of para-hydroxylation sites is 2. The van der Waals surface area contributed by atoms with Gasteiger partial charge in [0.05, 0.1) is 4.92 Å². The summed E-state index contributed by atoms with van der Waals surface area (Å²) in [5.74, 6) is -0.0125. The molecule has 0 aliphatic heterocycles. The number of hydrogen-bond donors (Lipinski definition) is 0. The average Bonchev–Trinajstić information content (AvgIpc) is 2.63. The molecular weight excluding hydrogens is 334 g/mol. The lowest BCUT2D eigenvalue weighted by atomic mass is 9.84. The zero-order valence-corrected chi connectivity index (χ0v) is 15.3. The number of nitro benzene ring substituents is 1. The maximum atomic E-state index is 12.4. The Kier molecular flexibility index (Phi) is 5.87. The van der Waals surface area contributed by atoms with Crippen LogP contribution in [0.4, 0.5) is 5.69 Å². The molecule has 0 heterocycles. The average molecular weight is 355 g/mol. The second-order valence-corrected chi connectivity index (χ2v) is 6.28. The Bertz CT molecular complexity index is 874. The molecule has 0 amide bonds. The number of allylic oxidation sites excluding steroid dienone is 5. The molecule has 6 heteroatoms. The first kappa shape index (κ1) is 19.3. The SMILES string of the molecule is CC1=C(C)C(=O)C(C/C=C(/C)COc2ccccc2[N+](=O)[O-])=C(C)C1=O. The Balaban J connectivity index is 2.09. The molecule has 1 aromatic rings. The largest absolute Gasteiger partial charge is 0.482 e. The summed E-state index contributed by atoms with van der Waals surface area (Å²) in [5, 5.41) is 11.0. The number of ether oxygens (including phenoxy) is 1. The van der Waals surface area contributed by atoms with Gasteiger partial charge >= 0.3 is 5.69 Å². The molecule has 26 heavy (non-hydrogen) atoms. The minimum absolute atomic E-state index is 0.0943. The summed E-state index contributed by atoms with van der Waals surface area (Å²) in [6.07, 6.45) is 2.14. The van der Waals surface area contributed by atoms with E-state index >= 15 is 0 Å². The molecule has 0 N–H and O–H groups in total. The Morgan fingerprint density at radius 3 is 2.35 bits per heavy atom. The normalized spacial score (nSPS) is 15.6. The smallest absolute Gasteiger partial charge is 0.310 e. The second-order valence-electron chi connectivity index (χ2n) is 6.28. The van der Waals surface area contributed by atoms with E-state index in [1.807, 2.05) is 13.0 Å². The summed E-state index contributed by atoms with van der Waals surface area (Å²) < 4.78 is 5.53. The summed E-state index contributed by atoms with van der Waals surface area (Å²) >= 11 is 0. The van der Waals surface area contributed by atoms with Gasteiger partial charge in [-0.3, -0.25) is 19.7 Å². The molecule has 0 saturated carbocycles. The number of nitrogens with zero attached hydrogens (tertiary/aromatic N) is 1. The lowest BCUT2D eigenvalue weighted by molar-refractivity contribution is -0.385. The van der Waals surface area contributed by atoms with Gasteiger partial charge in [0.25, 0.3) is 0 Å². The minimum atomic E-state index is -0.494. The maximum Gasteiger partial charge on any atom is 0.310 e. The predicted molar refractivity (Wildman–Crippen MR) is 98.1 cm³/mol. The Morgan fingerprint density at radius 1 is 1.08 bits per heavy atom. The number of nitro groups is 1. The highest BCUT2D eigenvalue weighted by atomic mass is 16.6. The van der Waals surface area contributed by atoms with Crippen LogP contribution in [0.5, 0.6) is 5.75 Å². The summed E-state index contributed by atoms with van der Waals surface area (Å²) in [6.45, 7) is 6.97. The number of hydrogen-bond acceptors (Lipinski definition) is 5. The first-order chi connectivity index (χ1) is 12.2. The van der Waals surface area contributed by atoms with Crippen LogP contribution in [-0.4, -0.2) is 23.1 Å². The number of ketones is 2. The van der Waals surface area contributed by atoms with Crippen molar-refractivity contribution >= 4 is 17.3 Å². The van der Waals surface area contributed by atoms with Crippen molar-refractivity contribution in [3.63, 3.8) is 0 Å². The molecule has 1 aromatic carbocycles. The molecule has 0 saturated heterocycles. The van der Waals surface area contributed by atoms with Crippen LogP contribution in [0.3, 0.4) is 0 Å². The summed E-state index contributed by atoms with van der Waals surface area (Å²) in [7, 11) is 0. The predicted octanol–water partition coefficient (Wildman–Crippen LogP) is 4.11. The van der Waals surface area contributed by atoms with E-state index in [4.69, 9.17) is 4.74 Å². The monoisotopic (exact) mass is 355 g/mol. The molecule has 0 radical (unpaired) electrons. The maximum absolute atomic E-state index is 12.4. The Hall–Kier alpha value is -3.02. The van der Waals surface area contributed by atoms with Crippen molar-refractivity contribution in [2.24, 2.45) is 0 Å². The molecule has 1 aliphatic carbocycles. The van der Waals surface area contributed by atoms with Crippen LogP contribution in [0, 0.1) is 10.1 Å². The number of carbonyl (C=O) groups is 2. The van der Waals surface area contributed by atoms with Gasteiger partial charge in [-0.1, -0.05) is 18.2 Å². The van der Waals surface area contributed by atoms with E-state index in [0.717, 1.165) is 5.57 Å². The van der Waals surface area contributed by atoms with Crippen molar-refractivity contribution in [1.82, 2.24) is 0 Å². The van der Waals surface area contributed by atoms with Gasteiger partial charge < -0.3 is 4.74 Å². The first-order valence-corrected chi connectivity index (χ1v) is 8.22. The Morgan fingerprint density at radius 2 is 1.69 bits per heavy atom. The third-order valence-electron chi connectivity index (χ3n) is 4.48. The lowest BCUT2D eigenvalue weighted by Gasteiger charge is -2.17. The van der Waals surface area contributed by atoms with Gasteiger partial charge in [-0.2, -0.15) is 0 Å². The van der Waals surface area contributed by atoms with Gasteiger partial charge in [0.15, 0.2) is 17.3 Å². The summed E-state index contributed by atoms with van der Waals surface area (Å²) in [5.41, 5.74) is 2.66. The molecule has 0 atom stereocenters. The van der Waals surface area contributed by atoms with Crippen molar-refractivity contribution in [2.45, 2.75) is 34.1 Å². The second kappa shape index (κ2) is 7.91. The van der Waals surface area contributed by atoms with Crippen LogP contribution < -0.4 is 4.74 Å². The van der Waals surface area contributed by atoms with Crippen LogP contribution in [0.1, 0.15) is 34.1 Å². The van der Waals surface area contributed by atoms with E-state index in [9.17, 15) is 19.7 Å². The van der Waals surface area contributed by atoms with Gasteiger partial charge in [0.1, 0.15) is 6.61 Å². The van der Waals surface area contributed by atoms with Crippen LogP contribution in [0.15, 0.2) is 58.2 Å². The van der Waals surface area contributed by atoms with Gasteiger partial charge in [-0.25, -0.2) is 0 Å². The third kappa shape index (κ3) is 3.96. The van der Waals surface area contributed by atoms with Crippen molar-refractivity contribution < 1.29 is 19.2 Å². The van der Waals surface area contributed by atoms with E-state index < -0.39 is 4.92 Å². The number of carbonyl (C=O) groups excluding carboxylic acids is 2. The third-order valence-corrected chi connectivity index (χ3v) is 4.48. The van der Waals surface area contributed by atoms with Crippen molar-refractivity contribution in [3.05, 3.63) is 68.3 Å². The summed E-state index contributed by atoms with van der Waals surface area (Å²) in [6, 6.07) is 6.16. The molecule has 0 fully saturated rings. The molecular formula is C20H21NO5. The molecule has 0 spiro atoms. The fraction of sp³-hybridized carbons (Fsp3) is 0.300. The van der Waals surface area contributed by atoms with Gasteiger partial charge in [-0.15, -0.1) is 0 Å². The molecule has 0 bridgehead atoms. The van der Waals surface area contributed by atoms with E-state index in [1.54, 1.807) is 39.0 Å². The van der Waals surface area contributed by atoms with Crippen LogP contribution >= 0.6 is 0 Å². The fourth-order valence-electron chi connectivity index (χ4n) is 2.66. The highest BCUT2D eigenvalue weighted by Crippen LogP contribution is 2.28. The van der Waals surface area contributed by atoms with Gasteiger partial charge in [0, 0.05) is 28.4 Å². The Labute approximate surface area is 152 Å². The fourth-order valence-corrected chi connectivity index (χ4v) is 2.66. The first-order valence-electron chi connectivity index (χ1n) is 8.22. The standard InChI is InChI=1S/C20H21NO5/c1-12(11-26-18-8-6-5-7-17(18)21(24)25)9-10-16-15(4)19(22)13(2)14(3)20(16)23/h5-9H,10-11H2,1-4H3/b12-9-. The number of Topliss-reactive ketones (excluding diaryl/α,β-unsaturated/α-hetero) is 2. The molecule has 0 unspecified atom stereocenters. The molecule has 6 nitrogen and oxygen atoms in total. The van der Waals surface area contributed by atoms with E-state index in [0.29, 0.717) is 28.7 Å². The van der Waals surface area contributed by atoms with Crippen LogP contribution in [0.25, 0.3) is 0 Å². The van der Waals surface area contributed by atoms with E-state index in [1.165, 1.54) is 6.07 Å². The van der Waals surface area contributed by atoms with Crippen LogP contribution in [0.2, 0.25) is 0 Å².